The van der Waals surface area contributed by atoms with Crippen LogP contribution in [-0.2, 0) is 13.0 Å². The van der Waals surface area contributed by atoms with E-state index in [9.17, 15) is 9.18 Å². The number of carbonyl (C=O) groups is 1. The first-order valence-corrected chi connectivity index (χ1v) is 8.67. The van der Waals surface area contributed by atoms with E-state index in [1.54, 1.807) is 5.32 Å². The van der Waals surface area contributed by atoms with Crippen molar-refractivity contribution in [2.24, 2.45) is 5.89 Å². The van der Waals surface area contributed by atoms with Gasteiger partial charge in [0.1, 0.15) is 11.6 Å². The number of carbonyl (C=O) groups excluding carboxylic acids is 1. The second-order valence-corrected chi connectivity index (χ2v) is 5.95. The minimum atomic E-state index is -4.12. The lowest BCUT2D eigenvalue weighted by atomic mass is 10.0. The van der Waals surface area contributed by atoms with Crippen LogP contribution in [0.5, 0.6) is 5.75 Å². The molecule has 2 aromatic rings. The summed E-state index contributed by atoms with van der Waals surface area (Å²) in [5.74, 6) is -7.31. The van der Waals surface area contributed by atoms with Gasteiger partial charge in [-0.1, -0.05) is 37.9 Å². The normalized spacial score (nSPS) is 32.6. The molecule has 0 atom stereocenters. The van der Waals surface area contributed by atoms with Crippen LogP contribution in [0.4, 0.5) is 9.18 Å². The van der Waals surface area contributed by atoms with Gasteiger partial charge in [0.25, 0.3) is 0 Å². The van der Waals surface area contributed by atoms with Crippen LogP contribution in [0.1, 0.15) is 71.9 Å². The van der Waals surface area contributed by atoms with E-state index in [4.69, 9.17) is 39.0 Å². The van der Waals surface area contributed by atoms with Gasteiger partial charge >= 0.3 is 6.03 Å². The number of rotatable bonds is 8. The van der Waals surface area contributed by atoms with Crippen molar-refractivity contribution < 1.29 is 48.2 Å². The third kappa shape index (κ3) is 7.24. The molecule has 0 saturated carbocycles. The average Bonchev–Trinajstić information content (AvgIpc) is 3.00. The van der Waals surface area contributed by atoms with Crippen LogP contribution in [0.25, 0.3) is 0 Å². The molecule has 2 aromatic carbocycles. The fourth-order valence-corrected chi connectivity index (χ4v) is 2.27. The predicted octanol–water partition coefficient (Wildman–Crippen LogP) is 4.67. The Kier molecular flexibility index (Phi) is 2.50. The van der Waals surface area contributed by atoms with Crippen molar-refractivity contribution in [3.8, 4) is 5.75 Å². The van der Waals surface area contributed by atoms with Crippen LogP contribution < -0.4 is 10.1 Å². The maximum atomic E-state index is 14.5. The van der Waals surface area contributed by atoms with E-state index in [1.807, 2.05) is 0 Å². The van der Waals surface area contributed by atoms with E-state index in [0.717, 1.165) is 7.05 Å². The van der Waals surface area contributed by atoms with Gasteiger partial charge in [-0.25, -0.2) is 9.18 Å². The van der Waals surface area contributed by atoms with E-state index in [2.05, 4.69) is 0 Å². The molecule has 168 valence electrons. The Morgan fingerprint density at radius 1 is 1.29 bits per heavy atom. The van der Waals surface area contributed by atoms with Gasteiger partial charge in [0.2, 0.25) is 0 Å². The van der Waals surface area contributed by atoms with Crippen LogP contribution in [0.2, 0.25) is 0 Å². The maximum absolute atomic E-state index is 14.5. The van der Waals surface area contributed by atoms with E-state index >= 15 is 0 Å². The number of piperidine rings is 1. The van der Waals surface area contributed by atoms with Crippen LogP contribution in [0.3, 0.4) is 0 Å². The highest BCUT2D eigenvalue weighted by atomic mass is 19.1. The molecule has 0 spiro atoms. The van der Waals surface area contributed by atoms with Gasteiger partial charge in [0, 0.05) is 34.1 Å². The Morgan fingerprint density at radius 2 is 1.94 bits per heavy atom. The number of benzene rings is 2. The molecule has 6 heteroatoms. The Balaban J connectivity index is 2.26. The summed E-state index contributed by atoms with van der Waals surface area (Å²) in [6.07, 6.45) is -1.89. The standard InChI is InChI=1S/C25H34FN3O2/c1-19(2)18-31-24-10-6-20(7-11-24)16-27-25(30)29(23-12-14-28(3)15-13-23)17-21-4-8-22(26)9-5-21/h4-11,19,23H,12-18H2,1-3H3,(H,27,30)/i1D3,2D3,4D,5D,6D,7D,8D,9D,10D,11D,14D2,15D2,16D2,17D2,18D2,19D. The van der Waals surface area contributed by atoms with Crippen molar-refractivity contribution >= 4 is 6.03 Å². The summed E-state index contributed by atoms with van der Waals surface area (Å²) in [6.45, 7) is -24.8. The molecule has 1 aliphatic rings. The van der Waals surface area contributed by atoms with E-state index in [0.29, 0.717) is 4.90 Å². The summed E-state index contributed by atoms with van der Waals surface area (Å²) < 4.78 is 223. The molecule has 1 saturated heterocycles. The number of hydrogen-bond donors (Lipinski definition) is 1. The highest BCUT2D eigenvalue weighted by molar-refractivity contribution is 5.74. The monoisotopic (exact) mass is 452 g/mol. The van der Waals surface area contributed by atoms with Gasteiger partial charge in [-0.15, -0.1) is 0 Å². The van der Waals surface area contributed by atoms with Crippen molar-refractivity contribution in [2.75, 3.05) is 26.6 Å². The third-order valence-electron chi connectivity index (χ3n) is 3.69. The summed E-state index contributed by atoms with van der Waals surface area (Å²) >= 11 is 0. The molecule has 3 rings (SSSR count). The van der Waals surface area contributed by atoms with Gasteiger partial charge in [0.05, 0.1) is 25.7 Å². The van der Waals surface area contributed by atoms with Gasteiger partial charge in [-0.05, 0) is 74.1 Å². The van der Waals surface area contributed by atoms with Crippen molar-refractivity contribution in [1.82, 2.24) is 15.1 Å². The molecular formula is C25H34FN3O2. The lowest BCUT2D eigenvalue weighted by Crippen LogP contribution is -2.49. The second-order valence-electron chi connectivity index (χ2n) is 5.95. The first-order valence-electron chi connectivity index (χ1n) is 21.2. The third-order valence-corrected chi connectivity index (χ3v) is 3.69. The minimum absolute atomic E-state index is 0.0599. The molecule has 0 radical (unpaired) electrons. The minimum Gasteiger partial charge on any atom is -0.493 e. The molecule has 0 aromatic heterocycles. The molecule has 5 nitrogen and oxygen atoms in total. The van der Waals surface area contributed by atoms with Crippen molar-refractivity contribution in [3.63, 3.8) is 0 Å². The smallest absolute Gasteiger partial charge is 0.318 e. The number of urea groups is 1. The summed E-state index contributed by atoms with van der Waals surface area (Å²) in [7, 11) is 1.02. The molecule has 0 aliphatic carbocycles. The molecule has 1 N–H and O–H groups in total. The van der Waals surface area contributed by atoms with Gasteiger partial charge < -0.3 is 19.9 Å². The number of nitrogens with zero attached hydrogens (tertiary/aromatic N) is 2. The summed E-state index contributed by atoms with van der Waals surface area (Å²) in [4.78, 5) is 14.7. The summed E-state index contributed by atoms with van der Waals surface area (Å²) in [5.41, 5.74) is -2.71. The van der Waals surface area contributed by atoms with Crippen LogP contribution in [-0.4, -0.2) is 48.5 Å². The van der Waals surface area contributed by atoms with E-state index < -0.39 is 148 Å². The fraction of sp³-hybridized carbons (Fsp3) is 0.480. The zero-order valence-corrected chi connectivity index (χ0v) is 16.1. The maximum Gasteiger partial charge on any atom is 0.318 e. The highest BCUT2D eigenvalue weighted by Gasteiger charge is 2.27. The second kappa shape index (κ2) is 11.1. The number of likely N-dealkylation sites (tertiary alicyclic amines) is 1. The number of ether oxygens (including phenoxy) is 1. The summed E-state index contributed by atoms with van der Waals surface area (Å²) in [6, 6.07) is -15.4. The van der Waals surface area contributed by atoms with Gasteiger partial charge in [-0.3, -0.25) is 0 Å². The molecule has 0 unspecified atom stereocenters. The molecular weight excluding hydrogens is 393 g/mol. The van der Waals surface area contributed by atoms with Gasteiger partial charge in [0.15, 0.2) is 0 Å². The van der Waals surface area contributed by atoms with Gasteiger partial charge in [-0.2, -0.15) is 0 Å². The molecule has 0 bridgehead atoms. The number of halogens is 1. The Morgan fingerprint density at radius 3 is 2.58 bits per heavy atom. The Hall–Kier alpha value is -2.60. The summed E-state index contributed by atoms with van der Waals surface area (Å²) in [5, 5.41) is 1.59. The largest absolute Gasteiger partial charge is 0.493 e. The van der Waals surface area contributed by atoms with Crippen molar-refractivity contribution in [2.45, 2.75) is 45.6 Å². The van der Waals surface area contributed by atoms with E-state index in [-0.39, 0.29) is 4.90 Å². The quantitative estimate of drug-likeness (QED) is 0.633. The van der Waals surface area contributed by atoms with E-state index in [1.165, 1.54) is 0 Å². The van der Waals surface area contributed by atoms with Crippen molar-refractivity contribution in [3.05, 3.63) is 65.3 Å². The predicted molar refractivity (Wildman–Crippen MR) is 121 cm³/mol. The molecule has 31 heavy (non-hydrogen) atoms. The molecule has 1 aliphatic heterocycles. The van der Waals surface area contributed by atoms with Crippen LogP contribution >= 0.6 is 0 Å². The van der Waals surface area contributed by atoms with Crippen molar-refractivity contribution in [1.29, 1.82) is 0 Å². The zero-order chi connectivity index (χ0) is 44.1. The molecule has 2 amide bonds. The number of nitrogens with one attached hydrogen (secondary N) is 1. The Labute approximate surface area is 220 Å². The Bertz CT molecular complexity index is 1810. The zero-order valence-electron chi connectivity index (χ0n) is 41.1. The highest BCUT2D eigenvalue weighted by Crippen LogP contribution is 2.19. The lowest BCUT2D eigenvalue weighted by Gasteiger charge is -2.37. The average molecular weight is 453 g/mol. The first-order chi connectivity index (χ1) is 24.8. The molecule has 1 heterocycles. The topological polar surface area (TPSA) is 44.8 Å². The number of hydrogen-bond acceptors (Lipinski definition) is 3. The van der Waals surface area contributed by atoms with Crippen LogP contribution in [0.15, 0.2) is 48.3 Å². The molecule has 1 fully saturated rings. The number of amides is 2. The SMILES string of the molecule is [2H]c1c([2H])c(C([2H])([2H])N(C(=O)NC([2H])([2H])c2c([2H])c([2H])c(OC([2H])([2H])C([2H])(C([2H])([2H])[2H])C([2H])([2H])[2H])c([2H])c2[2H])C2CC([2H])([2H])N(C)C([2H])([2H])C2)c([2H])c([2H])c1F. The lowest BCUT2D eigenvalue weighted by molar-refractivity contribution is 0.127. The first kappa shape index (κ1) is 6.95. The van der Waals surface area contributed by atoms with Crippen LogP contribution in [0, 0.1) is 11.7 Å². The fourth-order valence-electron chi connectivity index (χ4n) is 2.27.